The molecule has 112 valence electrons. The number of rotatable bonds is 3. The first kappa shape index (κ1) is 15.1. The van der Waals surface area contributed by atoms with E-state index in [1.54, 1.807) is 6.20 Å². The minimum absolute atomic E-state index is 0.0387. The zero-order chi connectivity index (χ0) is 15.5. The highest BCUT2D eigenvalue weighted by molar-refractivity contribution is 7.80. The lowest BCUT2D eigenvalue weighted by molar-refractivity contribution is 0.739. The van der Waals surface area contributed by atoms with Gasteiger partial charge in [-0.05, 0) is 36.8 Å². The number of pyridine rings is 1. The number of nitrogens with zero attached hydrogens (tertiary/aromatic N) is 2. The molecule has 3 nitrogen and oxygen atoms in total. The number of aromatic nitrogens is 1. The molecule has 0 saturated heterocycles. The van der Waals surface area contributed by atoms with Crippen LogP contribution in [0, 0.1) is 0 Å². The van der Waals surface area contributed by atoms with Crippen molar-refractivity contribution in [2.45, 2.75) is 25.8 Å². The molecular weight excluding hydrogens is 314 g/mol. The minimum Gasteiger partial charge on any atom is -0.348 e. The van der Waals surface area contributed by atoms with Gasteiger partial charge in [-0.1, -0.05) is 43.2 Å². The first-order valence-electron chi connectivity index (χ1n) is 7.29. The van der Waals surface area contributed by atoms with Crippen LogP contribution < -0.4 is 5.32 Å². The van der Waals surface area contributed by atoms with E-state index in [1.807, 2.05) is 36.4 Å². The lowest BCUT2D eigenvalue weighted by Crippen LogP contribution is -2.23. The number of anilines is 1. The minimum atomic E-state index is -0.0387. The van der Waals surface area contributed by atoms with E-state index in [2.05, 4.69) is 17.2 Å². The lowest BCUT2D eigenvalue weighted by Gasteiger charge is -2.12. The van der Waals surface area contributed by atoms with Gasteiger partial charge in [0.25, 0.3) is 0 Å². The number of hydrogen-bond donors (Lipinski definition) is 1. The van der Waals surface area contributed by atoms with E-state index in [9.17, 15) is 0 Å². The van der Waals surface area contributed by atoms with Crippen molar-refractivity contribution < 1.29 is 0 Å². The maximum Gasteiger partial charge on any atom is 0.105 e. The second-order valence-electron chi connectivity index (χ2n) is 5.18. The molecule has 0 radical (unpaired) electrons. The van der Waals surface area contributed by atoms with Crippen LogP contribution in [0.2, 0.25) is 5.02 Å². The summed E-state index contributed by atoms with van der Waals surface area (Å²) in [6.45, 7) is 2.13. The molecule has 1 aromatic carbocycles. The zero-order valence-electron chi connectivity index (χ0n) is 12.2. The predicted octanol–water partition coefficient (Wildman–Crippen LogP) is 4.49. The van der Waals surface area contributed by atoms with Crippen molar-refractivity contribution in [2.24, 2.45) is 4.99 Å². The third kappa shape index (κ3) is 3.03. The summed E-state index contributed by atoms with van der Waals surface area (Å²) in [6, 6.07) is 11.5. The van der Waals surface area contributed by atoms with Crippen molar-refractivity contribution in [2.75, 3.05) is 5.32 Å². The van der Waals surface area contributed by atoms with Crippen molar-refractivity contribution in [1.82, 2.24) is 4.98 Å². The van der Waals surface area contributed by atoms with E-state index in [0.717, 1.165) is 40.5 Å². The Bertz CT molecular complexity index is 728. The van der Waals surface area contributed by atoms with Gasteiger partial charge in [0.2, 0.25) is 0 Å². The Labute approximate surface area is 140 Å². The third-order valence-corrected chi connectivity index (χ3v) is 4.16. The summed E-state index contributed by atoms with van der Waals surface area (Å²) in [5.41, 5.74) is 3.57. The summed E-state index contributed by atoms with van der Waals surface area (Å²) in [6.07, 6.45) is 3.70. The average Bonchev–Trinajstić information content (AvgIpc) is 2.65. The summed E-state index contributed by atoms with van der Waals surface area (Å²) in [5, 5.41) is 3.97. The van der Waals surface area contributed by atoms with E-state index in [1.165, 1.54) is 0 Å². The topological polar surface area (TPSA) is 37.3 Å². The number of hydrogen-bond acceptors (Lipinski definition) is 3. The molecule has 3 rings (SSSR count). The van der Waals surface area contributed by atoms with Crippen LogP contribution in [-0.2, 0) is 0 Å². The van der Waals surface area contributed by atoms with Gasteiger partial charge in [-0.3, -0.25) is 9.98 Å². The molecule has 0 fully saturated rings. The van der Waals surface area contributed by atoms with Gasteiger partial charge in [0.05, 0.1) is 11.4 Å². The van der Waals surface area contributed by atoms with Crippen LogP contribution in [0.4, 0.5) is 5.69 Å². The molecule has 2 aromatic rings. The van der Waals surface area contributed by atoms with Gasteiger partial charge in [0.1, 0.15) is 11.0 Å². The Balaban J connectivity index is 2.17. The molecule has 1 aromatic heterocycles. The second kappa shape index (κ2) is 6.55. The SMILES string of the molecule is CCCC1N=C(c2ccccn2)c2ccc(Cl)cc2NC1=S. The summed E-state index contributed by atoms with van der Waals surface area (Å²) in [7, 11) is 0. The highest BCUT2D eigenvalue weighted by Crippen LogP contribution is 2.28. The number of halogens is 1. The van der Waals surface area contributed by atoms with Gasteiger partial charge >= 0.3 is 0 Å². The van der Waals surface area contributed by atoms with E-state index >= 15 is 0 Å². The first-order valence-corrected chi connectivity index (χ1v) is 8.07. The molecule has 1 atom stereocenters. The molecule has 22 heavy (non-hydrogen) atoms. The van der Waals surface area contributed by atoms with Gasteiger partial charge in [0, 0.05) is 22.5 Å². The van der Waals surface area contributed by atoms with E-state index < -0.39 is 0 Å². The fourth-order valence-electron chi connectivity index (χ4n) is 2.50. The largest absolute Gasteiger partial charge is 0.348 e. The van der Waals surface area contributed by atoms with E-state index in [0.29, 0.717) is 5.02 Å². The van der Waals surface area contributed by atoms with Gasteiger partial charge in [-0.15, -0.1) is 0 Å². The second-order valence-corrected chi connectivity index (χ2v) is 6.05. The quantitative estimate of drug-likeness (QED) is 0.843. The van der Waals surface area contributed by atoms with Crippen LogP contribution in [0.15, 0.2) is 47.6 Å². The molecule has 0 saturated carbocycles. The summed E-state index contributed by atoms with van der Waals surface area (Å²) in [4.78, 5) is 10.1. The number of nitrogens with one attached hydrogen (secondary N) is 1. The number of aliphatic imine (C=N–C) groups is 1. The molecular formula is C17H16ClN3S. The smallest absolute Gasteiger partial charge is 0.105 e. The van der Waals surface area contributed by atoms with E-state index in [4.69, 9.17) is 28.8 Å². The molecule has 1 aliphatic rings. The third-order valence-electron chi connectivity index (χ3n) is 3.55. The molecule has 1 unspecified atom stereocenters. The maximum absolute atomic E-state index is 6.13. The average molecular weight is 330 g/mol. The molecule has 5 heteroatoms. The van der Waals surface area contributed by atoms with Crippen molar-refractivity contribution in [3.63, 3.8) is 0 Å². The van der Waals surface area contributed by atoms with Crippen molar-refractivity contribution in [3.05, 3.63) is 58.9 Å². The summed E-state index contributed by atoms with van der Waals surface area (Å²) in [5.74, 6) is 0. The lowest BCUT2D eigenvalue weighted by atomic mass is 10.0. The number of benzodiazepines with no additional fused rings is 1. The molecule has 0 amide bonds. The van der Waals surface area contributed by atoms with Crippen LogP contribution in [0.1, 0.15) is 31.0 Å². The highest BCUT2D eigenvalue weighted by Gasteiger charge is 2.23. The van der Waals surface area contributed by atoms with Crippen molar-refractivity contribution in [1.29, 1.82) is 0 Å². The Morgan fingerprint density at radius 2 is 2.14 bits per heavy atom. The standard InChI is InChI=1S/C17H16ClN3S/c1-2-5-14-17(22)21-15-10-11(18)7-8-12(15)16(20-14)13-6-3-4-9-19-13/h3-4,6-10,14H,2,5H2,1H3,(H,21,22). The van der Waals surface area contributed by atoms with Gasteiger partial charge in [0.15, 0.2) is 0 Å². The normalized spacial score (nSPS) is 17.3. The van der Waals surface area contributed by atoms with Gasteiger partial charge in [-0.25, -0.2) is 0 Å². The van der Waals surface area contributed by atoms with Crippen molar-refractivity contribution in [3.8, 4) is 0 Å². The van der Waals surface area contributed by atoms with Crippen molar-refractivity contribution >= 4 is 40.2 Å². The summed E-state index contributed by atoms with van der Waals surface area (Å²) < 4.78 is 0. The predicted molar refractivity (Wildman–Crippen MR) is 96.2 cm³/mol. The first-order chi connectivity index (χ1) is 10.7. The van der Waals surface area contributed by atoms with Crippen LogP contribution in [0.3, 0.4) is 0 Å². The zero-order valence-corrected chi connectivity index (χ0v) is 13.8. The fraction of sp³-hybridized carbons (Fsp3) is 0.235. The molecule has 0 aliphatic carbocycles. The Morgan fingerprint density at radius 1 is 1.27 bits per heavy atom. The van der Waals surface area contributed by atoms with E-state index in [-0.39, 0.29) is 6.04 Å². The molecule has 2 heterocycles. The molecule has 1 aliphatic heterocycles. The van der Waals surface area contributed by atoms with Gasteiger partial charge < -0.3 is 5.32 Å². The fourth-order valence-corrected chi connectivity index (χ4v) is 2.96. The van der Waals surface area contributed by atoms with Crippen LogP contribution >= 0.6 is 23.8 Å². The molecule has 1 N–H and O–H groups in total. The number of benzene rings is 1. The Morgan fingerprint density at radius 3 is 2.86 bits per heavy atom. The maximum atomic E-state index is 6.13. The Hall–Kier alpha value is -1.78. The highest BCUT2D eigenvalue weighted by atomic mass is 35.5. The van der Waals surface area contributed by atoms with Crippen LogP contribution in [0.5, 0.6) is 0 Å². The summed E-state index contributed by atoms with van der Waals surface area (Å²) >= 11 is 11.7. The van der Waals surface area contributed by atoms with Crippen LogP contribution in [0.25, 0.3) is 0 Å². The van der Waals surface area contributed by atoms with Crippen LogP contribution in [-0.4, -0.2) is 21.7 Å². The monoisotopic (exact) mass is 329 g/mol. The molecule has 0 spiro atoms. The number of fused-ring (bicyclic) bond motifs is 1. The molecule has 0 bridgehead atoms. The number of thiocarbonyl (C=S) groups is 1. The van der Waals surface area contributed by atoms with Gasteiger partial charge in [-0.2, -0.15) is 0 Å². The Kier molecular flexibility index (Phi) is 4.50.